The second-order valence-electron chi connectivity index (χ2n) is 10.4. The van der Waals surface area contributed by atoms with Gasteiger partial charge in [0.2, 0.25) is 17.7 Å². The van der Waals surface area contributed by atoms with Crippen LogP contribution in [0.5, 0.6) is 0 Å². The van der Waals surface area contributed by atoms with Crippen molar-refractivity contribution in [2.75, 3.05) is 31.1 Å². The van der Waals surface area contributed by atoms with Crippen LogP contribution in [0.1, 0.15) is 47.2 Å². The molecule has 36 heavy (non-hydrogen) atoms. The lowest BCUT2D eigenvalue weighted by molar-refractivity contribution is -0.137. The Hall–Kier alpha value is -3.82. The number of carbonyl (C=O) groups excluding carboxylic acids is 4. The van der Waals surface area contributed by atoms with Crippen molar-refractivity contribution in [2.45, 2.75) is 44.7 Å². The van der Waals surface area contributed by atoms with Crippen molar-refractivity contribution < 1.29 is 19.2 Å². The van der Waals surface area contributed by atoms with Gasteiger partial charge in [-0.1, -0.05) is 6.07 Å². The molecule has 0 aliphatic carbocycles. The summed E-state index contributed by atoms with van der Waals surface area (Å²) >= 11 is 0. The molecule has 2 aromatic rings. The summed E-state index contributed by atoms with van der Waals surface area (Å²) in [6, 6.07) is 5.17. The van der Waals surface area contributed by atoms with Gasteiger partial charge in [0.05, 0.1) is 6.42 Å². The summed E-state index contributed by atoms with van der Waals surface area (Å²) in [5.41, 5.74) is 3.66. The van der Waals surface area contributed by atoms with Gasteiger partial charge in [-0.25, -0.2) is 9.97 Å². The zero-order chi connectivity index (χ0) is 24.9. The summed E-state index contributed by atoms with van der Waals surface area (Å²) in [7, 11) is 0. The maximum absolute atomic E-state index is 13.1. The molecule has 4 aliphatic heterocycles. The highest BCUT2D eigenvalue weighted by molar-refractivity contribution is 6.06. The summed E-state index contributed by atoms with van der Waals surface area (Å²) in [6.45, 7) is 3.66. The van der Waals surface area contributed by atoms with E-state index in [0.29, 0.717) is 24.9 Å². The first-order valence-electron chi connectivity index (χ1n) is 12.5. The summed E-state index contributed by atoms with van der Waals surface area (Å²) in [6.07, 6.45) is 7.68. The van der Waals surface area contributed by atoms with Crippen LogP contribution < -0.4 is 10.2 Å². The van der Waals surface area contributed by atoms with Crippen molar-refractivity contribution >= 4 is 29.3 Å². The van der Waals surface area contributed by atoms with E-state index in [4.69, 9.17) is 0 Å². The zero-order valence-electron chi connectivity index (χ0n) is 20.0. The Morgan fingerprint density at radius 2 is 1.83 bits per heavy atom. The number of fused-ring (bicyclic) bond motifs is 1. The standard InChI is InChI=1S/C26H28N6O4/c33-22-5-4-21(24(35)29-22)32-13-19-18(25(32)36)2-1-3-20(19)31-14-26(15-31)6-8-30(9-7-26)23(34)10-17-11-27-16-28-12-17/h1-3,11-12,16,21H,4-10,13-15H2,(H,29,33,35). The van der Waals surface area contributed by atoms with Gasteiger partial charge >= 0.3 is 0 Å². The minimum absolute atomic E-state index is 0.115. The van der Waals surface area contributed by atoms with Gasteiger partial charge in [0.1, 0.15) is 12.4 Å². The van der Waals surface area contributed by atoms with Crippen LogP contribution in [-0.2, 0) is 27.3 Å². The van der Waals surface area contributed by atoms with Gasteiger partial charge < -0.3 is 14.7 Å². The van der Waals surface area contributed by atoms with Crippen molar-refractivity contribution in [1.82, 2.24) is 25.1 Å². The number of benzene rings is 1. The summed E-state index contributed by atoms with van der Waals surface area (Å²) in [5.74, 6) is -0.706. The average molecular weight is 489 g/mol. The number of amides is 4. The molecule has 5 heterocycles. The van der Waals surface area contributed by atoms with Gasteiger partial charge in [0.15, 0.2) is 0 Å². The molecule has 10 heteroatoms. The average Bonchev–Trinajstić information content (AvgIpc) is 3.19. The minimum Gasteiger partial charge on any atom is -0.370 e. The number of hydrogen-bond donors (Lipinski definition) is 1. The minimum atomic E-state index is -0.609. The molecular weight excluding hydrogens is 460 g/mol. The highest BCUT2D eigenvalue weighted by atomic mass is 16.2. The van der Waals surface area contributed by atoms with Crippen LogP contribution in [0.25, 0.3) is 0 Å². The maximum atomic E-state index is 13.1. The highest BCUT2D eigenvalue weighted by Crippen LogP contribution is 2.45. The third kappa shape index (κ3) is 3.90. The fraction of sp³-hybridized carbons (Fsp3) is 0.462. The van der Waals surface area contributed by atoms with Crippen LogP contribution in [0.15, 0.2) is 36.9 Å². The fourth-order valence-electron chi connectivity index (χ4n) is 6.05. The van der Waals surface area contributed by atoms with Crippen molar-refractivity contribution in [3.8, 4) is 0 Å². The number of carbonyl (C=O) groups is 4. The molecule has 3 saturated heterocycles. The second-order valence-corrected chi connectivity index (χ2v) is 10.4. The molecule has 3 fully saturated rings. The van der Waals surface area contributed by atoms with E-state index in [9.17, 15) is 19.2 Å². The molecule has 0 bridgehead atoms. The molecule has 0 radical (unpaired) electrons. The number of nitrogens with zero attached hydrogens (tertiary/aromatic N) is 5. The lowest BCUT2D eigenvalue weighted by atomic mass is 9.71. The van der Waals surface area contributed by atoms with E-state index in [2.05, 4.69) is 20.2 Å². The molecule has 1 aromatic heterocycles. The summed E-state index contributed by atoms with van der Waals surface area (Å²) in [4.78, 5) is 63.6. The zero-order valence-corrected chi connectivity index (χ0v) is 20.0. The van der Waals surface area contributed by atoms with Crippen molar-refractivity contribution in [3.05, 3.63) is 53.6 Å². The van der Waals surface area contributed by atoms with Gasteiger partial charge in [-0.15, -0.1) is 0 Å². The number of anilines is 1. The van der Waals surface area contributed by atoms with Crippen molar-refractivity contribution in [1.29, 1.82) is 0 Å². The van der Waals surface area contributed by atoms with E-state index in [1.807, 2.05) is 23.1 Å². The molecular formula is C26H28N6O4. The smallest absolute Gasteiger partial charge is 0.255 e. The molecule has 4 amide bonds. The van der Waals surface area contributed by atoms with Crippen LogP contribution in [0.4, 0.5) is 5.69 Å². The molecule has 1 atom stereocenters. The Balaban J connectivity index is 1.09. The van der Waals surface area contributed by atoms with Gasteiger partial charge in [-0.2, -0.15) is 0 Å². The second kappa shape index (κ2) is 8.69. The van der Waals surface area contributed by atoms with E-state index in [0.717, 1.165) is 55.8 Å². The first kappa shape index (κ1) is 22.6. The summed E-state index contributed by atoms with van der Waals surface area (Å²) in [5, 5.41) is 2.36. The Labute approximate surface area is 208 Å². The number of nitrogens with one attached hydrogen (secondary N) is 1. The third-order valence-electron chi connectivity index (χ3n) is 8.10. The molecule has 1 unspecified atom stereocenters. The normalized spacial score (nSPS) is 22.9. The van der Waals surface area contributed by atoms with E-state index in [1.54, 1.807) is 17.3 Å². The van der Waals surface area contributed by atoms with Gasteiger partial charge in [0, 0.05) is 73.8 Å². The van der Waals surface area contributed by atoms with Crippen molar-refractivity contribution in [2.24, 2.45) is 5.41 Å². The predicted molar refractivity (Wildman–Crippen MR) is 129 cm³/mol. The van der Waals surface area contributed by atoms with Gasteiger partial charge in [0.25, 0.3) is 5.91 Å². The van der Waals surface area contributed by atoms with Crippen molar-refractivity contribution in [3.63, 3.8) is 0 Å². The number of likely N-dealkylation sites (tertiary alicyclic amines) is 1. The number of hydrogen-bond acceptors (Lipinski definition) is 7. The molecule has 1 N–H and O–H groups in total. The molecule has 186 valence electrons. The lowest BCUT2D eigenvalue weighted by Crippen LogP contribution is -2.61. The molecule has 0 saturated carbocycles. The first-order valence-corrected chi connectivity index (χ1v) is 12.5. The Kier molecular flexibility index (Phi) is 5.46. The number of piperidine rings is 2. The fourth-order valence-corrected chi connectivity index (χ4v) is 6.05. The van der Waals surface area contributed by atoms with Crippen LogP contribution in [0.2, 0.25) is 0 Å². The van der Waals surface area contributed by atoms with Crippen LogP contribution in [0, 0.1) is 5.41 Å². The molecule has 6 rings (SSSR count). The number of rotatable bonds is 4. The third-order valence-corrected chi connectivity index (χ3v) is 8.10. The largest absolute Gasteiger partial charge is 0.370 e. The van der Waals surface area contributed by atoms with Crippen LogP contribution in [0.3, 0.4) is 0 Å². The van der Waals surface area contributed by atoms with E-state index >= 15 is 0 Å². The predicted octanol–water partition coefficient (Wildman–Crippen LogP) is 0.909. The van der Waals surface area contributed by atoms with Crippen LogP contribution >= 0.6 is 0 Å². The molecule has 4 aliphatic rings. The van der Waals surface area contributed by atoms with Crippen LogP contribution in [-0.4, -0.2) is 75.6 Å². The van der Waals surface area contributed by atoms with E-state index < -0.39 is 11.9 Å². The van der Waals surface area contributed by atoms with Gasteiger partial charge in [-0.3, -0.25) is 24.5 Å². The number of imide groups is 1. The molecule has 10 nitrogen and oxygen atoms in total. The monoisotopic (exact) mass is 488 g/mol. The van der Waals surface area contributed by atoms with Gasteiger partial charge in [-0.05, 0) is 37.0 Å². The Bertz CT molecular complexity index is 1230. The SMILES string of the molecule is O=C1CCC(N2Cc3c(cccc3N3CC4(CCN(C(=O)Cc5cncnc5)CC4)C3)C2=O)C(=O)N1. The van der Waals surface area contributed by atoms with E-state index in [-0.39, 0.29) is 29.6 Å². The maximum Gasteiger partial charge on any atom is 0.255 e. The lowest BCUT2D eigenvalue weighted by Gasteiger charge is -2.55. The highest BCUT2D eigenvalue weighted by Gasteiger charge is 2.47. The topological polar surface area (TPSA) is 116 Å². The summed E-state index contributed by atoms with van der Waals surface area (Å²) < 4.78 is 0. The quantitative estimate of drug-likeness (QED) is 0.636. The Morgan fingerprint density at radius 3 is 2.56 bits per heavy atom. The van der Waals surface area contributed by atoms with E-state index in [1.165, 1.54) is 6.33 Å². The number of aromatic nitrogens is 2. The molecule has 1 aromatic carbocycles. The Morgan fingerprint density at radius 1 is 1.08 bits per heavy atom. The molecule has 1 spiro atoms. The first-order chi connectivity index (χ1) is 17.4.